The van der Waals surface area contributed by atoms with Gasteiger partial charge in [-0.25, -0.2) is 0 Å². The highest BCUT2D eigenvalue weighted by Crippen LogP contribution is 2.29. The van der Waals surface area contributed by atoms with E-state index in [9.17, 15) is 10.1 Å². The summed E-state index contributed by atoms with van der Waals surface area (Å²) in [6.45, 7) is -0.206. The molecule has 3 aromatic rings. The molecule has 0 spiro atoms. The van der Waals surface area contributed by atoms with E-state index >= 15 is 0 Å². The Morgan fingerprint density at radius 1 is 1.00 bits per heavy atom. The van der Waals surface area contributed by atoms with Crippen molar-refractivity contribution in [3.63, 3.8) is 0 Å². The molecule has 3 rings (SSSR count). The van der Waals surface area contributed by atoms with Crippen molar-refractivity contribution in [2.45, 2.75) is 6.54 Å². The molecule has 0 amide bonds. The van der Waals surface area contributed by atoms with Gasteiger partial charge >= 0.3 is 0 Å². The smallest absolute Gasteiger partial charge is 0.231 e. The predicted molar refractivity (Wildman–Crippen MR) is 77.9 cm³/mol. The van der Waals surface area contributed by atoms with Crippen LogP contribution in [0.3, 0.4) is 0 Å². The first kappa shape index (κ1) is 12.3. The summed E-state index contributed by atoms with van der Waals surface area (Å²) in [5.74, 6) is 0. The molecule has 98 valence electrons. The minimum atomic E-state index is -0.328. The van der Waals surface area contributed by atoms with Crippen LogP contribution in [0.2, 0.25) is 0 Å². The highest BCUT2D eigenvalue weighted by Gasteiger charge is 2.11. The van der Waals surface area contributed by atoms with E-state index in [0.29, 0.717) is 11.1 Å². The van der Waals surface area contributed by atoms with Gasteiger partial charge in [0, 0.05) is 22.1 Å². The van der Waals surface area contributed by atoms with Crippen LogP contribution in [-0.4, -0.2) is 9.91 Å². The molecule has 0 aliphatic heterocycles. The molecule has 4 heteroatoms. The normalized spacial score (nSPS) is 10.6. The Balaban J connectivity index is 2.24. The van der Waals surface area contributed by atoms with Gasteiger partial charge in [0.2, 0.25) is 6.54 Å². The molecule has 0 saturated carbocycles. The van der Waals surface area contributed by atoms with E-state index in [1.54, 1.807) is 12.3 Å². The SMILES string of the molecule is O=[N+]([O-])Cc1ccc(-c2ccccc2)c2cccnc12. The predicted octanol–water partition coefficient (Wildman–Crippen LogP) is 3.68. The lowest BCUT2D eigenvalue weighted by Crippen LogP contribution is -2.00. The van der Waals surface area contributed by atoms with Gasteiger partial charge in [-0.1, -0.05) is 42.5 Å². The third-order valence-corrected chi connectivity index (χ3v) is 3.24. The summed E-state index contributed by atoms with van der Waals surface area (Å²) in [5.41, 5.74) is 3.47. The summed E-state index contributed by atoms with van der Waals surface area (Å²) < 4.78 is 0. The number of fused-ring (bicyclic) bond motifs is 1. The van der Waals surface area contributed by atoms with E-state index in [1.165, 1.54) is 0 Å². The van der Waals surface area contributed by atoms with E-state index in [1.807, 2.05) is 48.5 Å². The zero-order chi connectivity index (χ0) is 13.9. The molecule has 0 unspecified atom stereocenters. The number of hydrogen-bond acceptors (Lipinski definition) is 3. The Bertz CT molecular complexity index is 770. The monoisotopic (exact) mass is 264 g/mol. The van der Waals surface area contributed by atoms with Crippen LogP contribution < -0.4 is 0 Å². The molecule has 20 heavy (non-hydrogen) atoms. The van der Waals surface area contributed by atoms with Crippen LogP contribution in [0.15, 0.2) is 60.8 Å². The van der Waals surface area contributed by atoms with Gasteiger partial charge in [-0.3, -0.25) is 15.1 Å². The summed E-state index contributed by atoms with van der Waals surface area (Å²) in [7, 11) is 0. The van der Waals surface area contributed by atoms with Crippen molar-refractivity contribution in [2.75, 3.05) is 0 Å². The molecule has 0 aliphatic carbocycles. The fourth-order valence-corrected chi connectivity index (χ4v) is 2.37. The molecule has 0 radical (unpaired) electrons. The molecule has 0 fully saturated rings. The van der Waals surface area contributed by atoms with Crippen LogP contribution >= 0.6 is 0 Å². The molecular weight excluding hydrogens is 252 g/mol. The van der Waals surface area contributed by atoms with Crippen LogP contribution in [0.1, 0.15) is 5.56 Å². The second kappa shape index (κ2) is 5.09. The molecule has 2 aromatic carbocycles. The Hall–Kier alpha value is -2.75. The first-order valence-electron chi connectivity index (χ1n) is 6.29. The van der Waals surface area contributed by atoms with Crippen molar-refractivity contribution in [3.8, 4) is 11.1 Å². The van der Waals surface area contributed by atoms with Gasteiger partial charge in [-0.05, 0) is 23.3 Å². The van der Waals surface area contributed by atoms with Crippen LogP contribution in [0.4, 0.5) is 0 Å². The van der Waals surface area contributed by atoms with Gasteiger partial charge in [0.1, 0.15) is 0 Å². The van der Waals surface area contributed by atoms with E-state index in [-0.39, 0.29) is 11.5 Å². The minimum Gasteiger partial charge on any atom is -0.264 e. The Kier molecular flexibility index (Phi) is 3.13. The van der Waals surface area contributed by atoms with Crippen molar-refractivity contribution < 1.29 is 4.92 Å². The molecule has 4 nitrogen and oxygen atoms in total. The lowest BCUT2D eigenvalue weighted by atomic mass is 9.98. The summed E-state index contributed by atoms with van der Waals surface area (Å²) in [4.78, 5) is 14.7. The summed E-state index contributed by atoms with van der Waals surface area (Å²) in [6, 6.07) is 17.5. The fraction of sp³-hybridized carbons (Fsp3) is 0.0625. The molecule has 0 bridgehead atoms. The Morgan fingerprint density at radius 3 is 2.55 bits per heavy atom. The van der Waals surface area contributed by atoms with Gasteiger partial charge in [-0.15, -0.1) is 0 Å². The second-order valence-electron chi connectivity index (χ2n) is 4.53. The third-order valence-electron chi connectivity index (χ3n) is 3.24. The summed E-state index contributed by atoms with van der Waals surface area (Å²) in [5, 5.41) is 11.7. The lowest BCUT2D eigenvalue weighted by Gasteiger charge is -2.08. The average molecular weight is 264 g/mol. The molecule has 0 N–H and O–H groups in total. The van der Waals surface area contributed by atoms with Crippen molar-refractivity contribution in [1.29, 1.82) is 0 Å². The van der Waals surface area contributed by atoms with Crippen LogP contribution in [0.5, 0.6) is 0 Å². The second-order valence-corrected chi connectivity index (χ2v) is 4.53. The van der Waals surface area contributed by atoms with Gasteiger partial charge in [-0.2, -0.15) is 0 Å². The quantitative estimate of drug-likeness (QED) is 0.535. The minimum absolute atomic E-state index is 0.206. The summed E-state index contributed by atoms with van der Waals surface area (Å²) in [6.07, 6.45) is 1.67. The zero-order valence-electron chi connectivity index (χ0n) is 10.7. The average Bonchev–Trinajstić information content (AvgIpc) is 2.48. The number of nitrogens with zero attached hydrogens (tertiary/aromatic N) is 2. The van der Waals surface area contributed by atoms with Gasteiger partial charge in [0.25, 0.3) is 0 Å². The molecular formula is C16H12N2O2. The topological polar surface area (TPSA) is 56.0 Å². The lowest BCUT2D eigenvalue weighted by molar-refractivity contribution is -0.496. The Labute approximate surface area is 115 Å². The van der Waals surface area contributed by atoms with Gasteiger partial charge in [0.15, 0.2) is 0 Å². The van der Waals surface area contributed by atoms with E-state index in [4.69, 9.17) is 0 Å². The maximum absolute atomic E-state index is 10.7. The number of benzene rings is 2. The maximum atomic E-state index is 10.7. The van der Waals surface area contributed by atoms with Gasteiger partial charge < -0.3 is 0 Å². The van der Waals surface area contributed by atoms with Crippen molar-refractivity contribution in [2.24, 2.45) is 0 Å². The molecule has 1 aromatic heterocycles. The maximum Gasteiger partial charge on any atom is 0.231 e. The number of hydrogen-bond donors (Lipinski definition) is 0. The first-order chi connectivity index (χ1) is 9.75. The third kappa shape index (κ3) is 2.23. The zero-order valence-corrected chi connectivity index (χ0v) is 10.7. The number of aromatic nitrogens is 1. The van der Waals surface area contributed by atoms with Crippen molar-refractivity contribution in [3.05, 3.63) is 76.5 Å². The molecule has 0 atom stereocenters. The van der Waals surface area contributed by atoms with E-state index in [0.717, 1.165) is 16.5 Å². The Morgan fingerprint density at radius 2 is 1.80 bits per heavy atom. The van der Waals surface area contributed by atoms with Crippen LogP contribution in [-0.2, 0) is 6.54 Å². The fourth-order valence-electron chi connectivity index (χ4n) is 2.37. The van der Waals surface area contributed by atoms with E-state index < -0.39 is 0 Å². The number of pyridine rings is 1. The van der Waals surface area contributed by atoms with Crippen LogP contribution in [0, 0.1) is 10.1 Å². The largest absolute Gasteiger partial charge is 0.264 e. The highest BCUT2D eigenvalue weighted by atomic mass is 16.6. The number of nitro groups is 1. The van der Waals surface area contributed by atoms with Crippen LogP contribution in [0.25, 0.3) is 22.0 Å². The first-order valence-corrected chi connectivity index (χ1v) is 6.29. The molecule has 1 heterocycles. The van der Waals surface area contributed by atoms with Gasteiger partial charge in [0.05, 0.1) is 5.52 Å². The standard InChI is InChI=1S/C16H12N2O2/c19-18(20)11-13-8-9-14(12-5-2-1-3-6-12)15-7-4-10-17-16(13)15/h1-10H,11H2. The number of rotatable bonds is 3. The summed E-state index contributed by atoms with van der Waals surface area (Å²) >= 11 is 0. The van der Waals surface area contributed by atoms with E-state index in [2.05, 4.69) is 4.98 Å². The van der Waals surface area contributed by atoms with Crippen molar-refractivity contribution >= 4 is 10.9 Å². The molecule has 0 saturated heterocycles. The highest BCUT2D eigenvalue weighted by molar-refractivity contribution is 5.96. The van der Waals surface area contributed by atoms with Crippen molar-refractivity contribution in [1.82, 2.24) is 4.98 Å². The molecule has 0 aliphatic rings.